The second-order valence-electron chi connectivity index (χ2n) is 5.56. The molecular formula is C10H15N3O3S. The maximum atomic E-state index is 12.1. The summed E-state index contributed by atoms with van der Waals surface area (Å²) in [5.74, 6) is -0.0708. The molecule has 2 aliphatic rings. The summed E-state index contributed by atoms with van der Waals surface area (Å²) in [5.41, 5.74) is 7.07. The summed E-state index contributed by atoms with van der Waals surface area (Å²) in [6.45, 7) is 3.89. The van der Waals surface area contributed by atoms with E-state index < -0.39 is 15.4 Å². The van der Waals surface area contributed by atoms with Crippen molar-refractivity contribution in [2.24, 2.45) is 21.3 Å². The number of rotatable bonds is 3. The van der Waals surface area contributed by atoms with Gasteiger partial charge in [0.05, 0.1) is 5.75 Å². The molecule has 2 saturated carbocycles. The van der Waals surface area contributed by atoms with Crippen LogP contribution in [0.25, 0.3) is 10.4 Å². The van der Waals surface area contributed by atoms with Gasteiger partial charge in [0.25, 0.3) is 0 Å². The molecule has 2 rings (SSSR count). The van der Waals surface area contributed by atoms with Gasteiger partial charge in [0.15, 0.2) is 0 Å². The van der Waals surface area contributed by atoms with Gasteiger partial charge in [0.2, 0.25) is 10.0 Å². The Labute approximate surface area is 100 Å². The standard InChI is InChI=1S/C10H15N3O3S/c1-9(2)7-3-4-10(9,8(14)5-7)6-17(15,16)13-12-11/h7H,3-6H2,1-2H3. The van der Waals surface area contributed by atoms with Crippen molar-refractivity contribution in [3.63, 3.8) is 0 Å². The molecule has 7 heteroatoms. The quantitative estimate of drug-likeness (QED) is 0.439. The molecule has 0 spiro atoms. The third-order valence-corrected chi connectivity index (χ3v) is 5.91. The molecule has 0 radical (unpaired) electrons. The third-order valence-electron chi connectivity index (χ3n) is 4.73. The molecule has 2 aliphatic carbocycles. The molecule has 0 heterocycles. The smallest absolute Gasteiger partial charge is 0.236 e. The van der Waals surface area contributed by atoms with Gasteiger partial charge in [-0.1, -0.05) is 13.8 Å². The van der Waals surface area contributed by atoms with Gasteiger partial charge >= 0.3 is 0 Å². The SMILES string of the molecule is CC1(C)C2CCC1(CS(=O)(=O)N=[N+]=[N-])C(=O)C2. The van der Waals surface area contributed by atoms with E-state index >= 15 is 0 Å². The number of carbonyl (C=O) groups excluding carboxylic acids is 1. The molecule has 6 nitrogen and oxygen atoms in total. The zero-order chi connectivity index (χ0) is 12.9. The van der Waals surface area contributed by atoms with Crippen LogP contribution in [0, 0.1) is 16.7 Å². The Hall–Kier alpha value is -1.07. The van der Waals surface area contributed by atoms with Gasteiger partial charge in [0.1, 0.15) is 5.78 Å². The van der Waals surface area contributed by atoms with Crippen molar-refractivity contribution in [1.29, 1.82) is 0 Å². The van der Waals surface area contributed by atoms with Crippen LogP contribution >= 0.6 is 0 Å². The fourth-order valence-corrected chi connectivity index (χ4v) is 4.97. The summed E-state index contributed by atoms with van der Waals surface area (Å²) in [5, 5.41) is 0. The summed E-state index contributed by atoms with van der Waals surface area (Å²) in [4.78, 5) is 14.4. The van der Waals surface area contributed by atoms with Crippen molar-refractivity contribution in [2.75, 3.05) is 5.75 Å². The second-order valence-corrected chi connectivity index (χ2v) is 7.18. The lowest BCUT2D eigenvalue weighted by Crippen LogP contribution is -2.41. The van der Waals surface area contributed by atoms with Crippen molar-refractivity contribution in [3.8, 4) is 0 Å². The molecule has 0 aromatic carbocycles. The highest BCUT2D eigenvalue weighted by Crippen LogP contribution is 2.64. The van der Waals surface area contributed by atoms with Gasteiger partial charge in [-0.2, -0.15) is 0 Å². The van der Waals surface area contributed by atoms with E-state index in [0.717, 1.165) is 6.42 Å². The molecule has 2 atom stereocenters. The highest BCUT2D eigenvalue weighted by molar-refractivity contribution is 7.90. The molecule has 0 aromatic rings. The Kier molecular flexibility index (Phi) is 2.52. The number of ketones is 1. The predicted molar refractivity (Wildman–Crippen MR) is 61.5 cm³/mol. The second kappa shape index (κ2) is 3.46. The lowest BCUT2D eigenvalue weighted by molar-refractivity contribution is -0.128. The van der Waals surface area contributed by atoms with Gasteiger partial charge in [-0.15, -0.1) is 0 Å². The first-order valence-electron chi connectivity index (χ1n) is 5.57. The van der Waals surface area contributed by atoms with E-state index in [1.54, 1.807) is 0 Å². The number of hydrogen-bond donors (Lipinski definition) is 0. The van der Waals surface area contributed by atoms with Crippen LogP contribution in [0.5, 0.6) is 0 Å². The number of hydrogen-bond acceptors (Lipinski definition) is 3. The first-order chi connectivity index (χ1) is 7.75. The summed E-state index contributed by atoms with van der Waals surface area (Å²) >= 11 is 0. The normalized spacial score (nSPS) is 34.7. The lowest BCUT2D eigenvalue weighted by atomic mass is 9.70. The largest absolute Gasteiger partial charge is 0.299 e. The first kappa shape index (κ1) is 12.4. The fraction of sp³-hybridized carbons (Fsp3) is 0.900. The molecule has 2 bridgehead atoms. The zero-order valence-electron chi connectivity index (χ0n) is 9.88. The van der Waals surface area contributed by atoms with E-state index in [1.807, 2.05) is 13.8 Å². The van der Waals surface area contributed by atoms with Crippen LogP contribution in [0.1, 0.15) is 33.1 Å². The van der Waals surface area contributed by atoms with E-state index in [9.17, 15) is 13.2 Å². The molecule has 0 aliphatic heterocycles. The van der Waals surface area contributed by atoms with Crippen molar-refractivity contribution in [1.82, 2.24) is 0 Å². The molecule has 94 valence electrons. The maximum Gasteiger partial charge on any atom is 0.236 e. The van der Waals surface area contributed by atoms with Gasteiger partial charge < -0.3 is 0 Å². The monoisotopic (exact) mass is 257 g/mol. The highest BCUT2D eigenvalue weighted by Gasteiger charge is 2.65. The zero-order valence-corrected chi connectivity index (χ0v) is 10.7. The molecule has 0 aromatic heterocycles. The van der Waals surface area contributed by atoms with Crippen molar-refractivity contribution in [2.45, 2.75) is 33.1 Å². The van der Waals surface area contributed by atoms with E-state index in [2.05, 4.69) is 9.43 Å². The fourth-order valence-electron chi connectivity index (χ4n) is 3.50. The maximum absolute atomic E-state index is 12.1. The van der Waals surface area contributed by atoms with Crippen molar-refractivity contribution < 1.29 is 13.2 Å². The molecule has 2 unspecified atom stereocenters. The predicted octanol–water partition coefficient (Wildman–Crippen LogP) is 2.02. The van der Waals surface area contributed by atoms with Crippen LogP contribution in [0.15, 0.2) is 4.52 Å². The number of nitrogens with zero attached hydrogens (tertiary/aromatic N) is 3. The van der Waals surface area contributed by atoms with Gasteiger partial charge in [-0.05, 0) is 29.7 Å². The minimum atomic E-state index is -3.88. The van der Waals surface area contributed by atoms with Gasteiger partial charge in [0, 0.05) is 21.3 Å². The third kappa shape index (κ3) is 1.57. The molecule has 0 saturated heterocycles. The minimum absolute atomic E-state index is 0.00969. The number of azide groups is 1. The number of Topliss-reactive ketones (excluding diaryl/α,β-unsaturated/α-hetero) is 1. The van der Waals surface area contributed by atoms with E-state index in [4.69, 9.17) is 5.53 Å². The molecule has 17 heavy (non-hydrogen) atoms. The number of sulfonamides is 1. The van der Waals surface area contributed by atoms with E-state index in [0.29, 0.717) is 12.8 Å². The number of fused-ring (bicyclic) bond motifs is 2. The average Bonchev–Trinajstić information content (AvgIpc) is 2.50. The first-order valence-corrected chi connectivity index (χ1v) is 7.18. The Morgan fingerprint density at radius 1 is 1.53 bits per heavy atom. The Morgan fingerprint density at radius 3 is 2.59 bits per heavy atom. The molecule has 0 N–H and O–H groups in total. The van der Waals surface area contributed by atoms with Gasteiger partial charge in [-0.25, -0.2) is 8.42 Å². The number of carbonyl (C=O) groups is 1. The van der Waals surface area contributed by atoms with Crippen LogP contribution in [0.4, 0.5) is 0 Å². The Morgan fingerprint density at radius 2 is 2.18 bits per heavy atom. The Bertz CT molecular complexity index is 519. The van der Waals surface area contributed by atoms with Crippen molar-refractivity contribution >= 4 is 15.8 Å². The summed E-state index contributed by atoms with van der Waals surface area (Å²) < 4.78 is 26.1. The Balaban J connectivity index is 2.43. The topological polar surface area (TPSA) is 100.0 Å². The highest BCUT2D eigenvalue weighted by atomic mass is 32.2. The van der Waals surface area contributed by atoms with Crippen LogP contribution in [-0.2, 0) is 14.8 Å². The van der Waals surface area contributed by atoms with Crippen LogP contribution in [0.2, 0.25) is 0 Å². The van der Waals surface area contributed by atoms with Gasteiger partial charge in [-0.3, -0.25) is 4.79 Å². The minimum Gasteiger partial charge on any atom is -0.299 e. The van der Waals surface area contributed by atoms with E-state index in [1.165, 1.54) is 0 Å². The summed E-state index contributed by atoms with van der Waals surface area (Å²) in [6, 6.07) is 0. The van der Waals surface area contributed by atoms with Crippen molar-refractivity contribution in [3.05, 3.63) is 10.4 Å². The molecule has 2 fully saturated rings. The molecule has 0 amide bonds. The van der Waals surface area contributed by atoms with E-state index in [-0.39, 0.29) is 22.9 Å². The molecular weight excluding hydrogens is 242 g/mol. The van der Waals surface area contributed by atoms with Crippen LogP contribution in [0.3, 0.4) is 0 Å². The van der Waals surface area contributed by atoms with Crippen LogP contribution in [-0.4, -0.2) is 20.0 Å². The summed E-state index contributed by atoms with van der Waals surface area (Å²) in [7, 11) is -3.88. The summed E-state index contributed by atoms with van der Waals surface area (Å²) in [6.07, 6.45) is 1.92. The average molecular weight is 257 g/mol. The van der Waals surface area contributed by atoms with Crippen LogP contribution < -0.4 is 0 Å². The lowest BCUT2D eigenvalue weighted by Gasteiger charge is -2.35.